The molecule has 0 saturated carbocycles. The molecule has 0 spiro atoms. The molecule has 2 aliphatic rings. The normalized spacial score (nSPS) is 19.3. The summed E-state index contributed by atoms with van der Waals surface area (Å²) in [5.74, 6) is -0.170. The molecule has 7 nitrogen and oxygen atoms in total. The third-order valence-corrected chi connectivity index (χ3v) is 8.78. The van der Waals surface area contributed by atoms with Gasteiger partial charge in [0, 0.05) is 71.9 Å². The fourth-order valence-corrected chi connectivity index (χ4v) is 6.76. The smallest absolute Gasteiger partial charge is 0.227 e. The number of carbonyl (C=O) groups is 2. The van der Waals surface area contributed by atoms with Gasteiger partial charge in [-0.25, -0.2) is 0 Å². The van der Waals surface area contributed by atoms with Crippen molar-refractivity contribution in [1.82, 2.24) is 24.8 Å². The minimum absolute atomic E-state index is 0.0305. The van der Waals surface area contributed by atoms with Gasteiger partial charge < -0.3 is 19.8 Å². The van der Waals surface area contributed by atoms with Crippen molar-refractivity contribution in [3.63, 3.8) is 0 Å². The lowest BCUT2D eigenvalue weighted by Crippen LogP contribution is -2.47. The molecule has 7 rings (SSSR count). The van der Waals surface area contributed by atoms with E-state index in [1.165, 1.54) is 21.9 Å². The number of pyridine rings is 1. The molecule has 3 aromatic heterocycles. The Balaban J connectivity index is 1.16. The van der Waals surface area contributed by atoms with Crippen LogP contribution in [0.2, 0.25) is 0 Å². The lowest BCUT2D eigenvalue weighted by atomic mass is 9.67. The summed E-state index contributed by atoms with van der Waals surface area (Å²) in [6, 6.07) is 22.6. The Hall–Kier alpha value is -4.39. The minimum atomic E-state index is -0.296. The van der Waals surface area contributed by atoms with Gasteiger partial charge in [0.05, 0.1) is 18.2 Å². The first-order valence-corrected chi connectivity index (χ1v) is 13.7. The average Bonchev–Trinajstić information content (AvgIpc) is 3.71. The maximum Gasteiger partial charge on any atom is 0.227 e. The summed E-state index contributed by atoms with van der Waals surface area (Å²) in [7, 11) is 0. The predicted octanol–water partition coefficient (Wildman–Crippen LogP) is 5.00. The number of likely N-dealkylation sites (tertiary alicyclic amines) is 2. The van der Waals surface area contributed by atoms with Crippen molar-refractivity contribution in [3.05, 3.63) is 102 Å². The third kappa shape index (κ3) is 4.00. The molecule has 2 aliphatic heterocycles. The zero-order valence-electron chi connectivity index (χ0n) is 21.8. The molecule has 1 atom stereocenters. The van der Waals surface area contributed by atoms with E-state index in [2.05, 4.69) is 75.9 Å². The van der Waals surface area contributed by atoms with Crippen LogP contribution in [0.3, 0.4) is 0 Å². The summed E-state index contributed by atoms with van der Waals surface area (Å²) in [6.07, 6.45) is 7.98. The first-order valence-electron chi connectivity index (χ1n) is 13.7. The first kappa shape index (κ1) is 23.7. The summed E-state index contributed by atoms with van der Waals surface area (Å²) in [4.78, 5) is 41.5. The fourth-order valence-electron chi connectivity index (χ4n) is 6.76. The number of nitrogens with one attached hydrogen (secondary N) is 2. The number of rotatable bonds is 5. The Labute approximate surface area is 226 Å². The third-order valence-electron chi connectivity index (χ3n) is 8.78. The quantitative estimate of drug-likeness (QED) is 0.344. The van der Waals surface area contributed by atoms with Crippen LogP contribution in [0.4, 0.5) is 0 Å². The van der Waals surface area contributed by atoms with Gasteiger partial charge in [0.2, 0.25) is 11.8 Å². The molecule has 0 radical (unpaired) electrons. The van der Waals surface area contributed by atoms with E-state index in [0.29, 0.717) is 26.2 Å². The van der Waals surface area contributed by atoms with Gasteiger partial charge in [-0.05, 0) is 48.2 Å². The number of nitrogens with zero attached hydrogens (tertiary/aromatic N) is 3. The van der Waals surface area contributed by atoms with E-state index in [1.807, 2.05) is 23.1 Å². The van der Waals surface area contributed by atoms with Gasteiger partial charge in [-0.15, -0.1) is 0 Å². The lowest BCUT2D eigenvalue weighted by Gasteiger charge is -2.43. The van der Waals surface area contributed by atoms with Crippen LogP contribution in [-0.2, 0) is 21.5 Å². The summed E-state index contributed by atoms with van der Waals surface area (Å²) in [6.45, 7) is 2.22. The summed E-state index contributed by atoms with van der Waals surface area (Å²) >= 11 is 0. The van der Waals surface area contributed by atoms with Gasteiger partial charge in [0.25, 0.3) is 0 Å². The topological polar surface area (TPSA) is 85.1 Å². The van der Waals surface area contributed by atoms with Crippen LogP contribution in [0.5, 0.6) is 0 Å². The maximum absolute atomic E-state index is 13.7. The number of aromatic amines is 2. The summed E-state index contributed by atoms with van der Waals surface area (Å²) in [5.41, 5.74) is 5.44. The molecule has 2 N–H and O–H groups in total. The second kappa shape index (κ2) is 9.42. The molecule has 7 heteroatoms. The molecule has 5 aromatic rings. The number of piperidine rings is 1. The van der Waals surface area contributed by atoms with Gasteiger partial charge in [-0.2, -0.15) is 0 Å². The predicted molar refractivity (Wildman–Crippen MR) is 151 cm³/mol. The zero-order chi connectivity index (χ0) is 26.4. The van der Waals surface area contributed by atoms with E-state index in [9.17, 15) is 9.59 Å². The maximum atomic E-state index is 13.7. The lowest BCUT2D eigenvalue weighted by molar-refractivity contribution is -0.137. The molecule has 2 saturated heterocycles. The van der Waals surface area contributed by atoms with Gasteiger partial charge in [-0.3, -0.25) is 14.6 Å². The van der Waals surface area contributed by atoms with E-state index in [4.69, 9.17) is 0 Å². The van der Waals surface area contributed by atoms with Crippen LogP contribution >= 0.6 is 0 Å². The summed E-state index contributed by atoms with van der Waals surface area (Å²) in [5, 5.41) is 2.46. The molecular formula is C32H31N5O2. The van der Waals surface area contributed by atoms with Crippen molar-refractivity contribution in [2.75, 3.05) is 19.6 Å². The molecule has 2 amide bonds. The van der Waals surface area contributed by atoms with Crippen molar-refractivity contribution in [3.8, 4) is 0 Å². The van der Waals surface area contributed by atoms with Crippen LogP contribution < -0.4 is 0 Å². The van der Waals surface area contributed by atoms with E-state index in [0.717, 1.165) is 29.6 Å². The summed E-state index contributed by atoms with van der Waals surface area (Å²) < 4.78 is 0. The Morgan fingerprint density at radius 3 is 2.10 bits per heavy atom. The Morgan fingerprint density at radius 1 is 0.872 bits per heavy atom. The number of carbonyl (C=O) groups excluding carboxylic acids is 2. The van der Waals surface area contributed by atoms with Crippen molar-refractivity contribution in [2.45, 2.75) is 31.2 Å². The number of para-hydroxylation sites is 2. The van der Waals surface area contributed by atoms with Gasteiger partial charge in [-0.1, -0.05) is 42.5 Å². The van der Waals surface area contributed by atoms with E-state index >= 15 is 0 Å². The van der Waals surface area contributed by atoms with Gasteiger partial charge in [0.1, 0.15) is 0 Å². The molecule has 0 unspecified atom stereocenters. The number of aromatic nitrogens is 3. The van der Waals surface area contributed by atoms with Crippen LogP contribution in [-0.4, -0.2) is 56.2 Å². The number of hydrogen-bond acceptors (Lipinski definition) is 3. The second-order valence-electron chi connectivity index (χ2n) is 10.9. The highest BCUT2D eigenvalue weighted by Crippen LogP contribution is 2.47. The van der Waals surface area contributed by atoms with Crippen molar-refractivity contribution < 1.29 is 9.59 Å². The Bertz CT molecular complexity index is 1590. The molecule has 0 aliphatic carbocycles. The highest BCUT2D eigenvalue weighted by molar-refractivity contribution is 5.91. The number of benzene rings is 2. The molecule has 0 bridgehead atoms. The minimum Gasteiger partial charge on any atom is -0.361 e. The van der Waals surface area contributed by atoms with Crippen LogP contribution in [0, 0.1) is 5.92 Å². The van der Waals surface area contributed by atoms with E-state index < -0.39 is 0 Å². The zero-order valence-corrected chi connectivity index (χ0v) is 21.8. The highest BCUT2D eigenvalue weighted by atomic mass is 16.2. The molecule has 39 heavy (non-hydrogen) atoms. The van der Waals surface area contributed by atoms with Crippen LogP contribution in [0.25, 0.3) is 21.8 Å². The SMILES string of the molecule is O=C1C[C@@H](C(=O)N2CCC(c3c[nH]c4ccccc34)(c3c[nH]c4ccccc34)CC2)CN1Cc1ccccn1. The van der Waals surface area contributed by atoms with Gasteiger partial charge in [0.15, 0.2) is 0 Å². The molecule has 2 fully saturated rings. The molecule has 196 valence electrons. The molecule has 5 heterocycles. The number of hydrogen-bond donors (Lipinski definition) is 2. The number of H-pyrrole nitrogens is 2. The van der Waals surface area contributed by atoms with E-state index in [1.54, 1.807) is 11.1 Å². The van der Waals surface area contributed by atoms with Crippen molar-refractivity contribution in [2.24, 2.45) is 5.92 Å². The molecule has 2 aromatic carbocycles. The second-order valence-corrected chi connectivity index (χ2v) is 10.9. The van der Waals surface area contributed by atoms with Crippen LogP contribution in [0.15, 0.2) is 85.3 Å². The number of fused-ring (bicyclic) bond motifs is 2. The Morgan fingerprint density at radius 2 is 1.49 bits per heavy atom. The standard InChI is InChI=1S/C32H31N5O2/c38-30-17-22(20-37(30)21-23-7-5-6-14-33-23)31(39)36-15-12-32(13-16-36,26-18-34-28-10-3-1-8-24(26)28)27-19-35-29-11-4-2-9-25(27)29/h1-11,14,18-19,22,34-35H,12-13,15-17,20-21H2/t22-/m1/s1. The van der Waals surface area contributed by atoms with E-state index in [-0.39, 0.29) is 29.6 Å². The highest BCUT2D eigenvalue weighted by Gasteiger charge is 2.44. The average molecular weight is 518 g/mol. The largest absolute Gasteiger partial charge is 0.361 e. The molecular weight excluding hydrogens is 486 g/mol. The number of amides is 2. The Kier molecular flexibility index (Phi) is 5.72. The van der Waals surface area contributed by atoms with Crippen molar-refractivity contribution >= 4 is 33.6 Å². The first-order chi connectivity index (χ1) is 19.1. The van der Waals surface area contributed by atoms with Gasteiger partial charge >= 0.3 is 0 Å². The van der Waals surface area contributed by atoms with Crippen molar-refractivity contribution in [1.29, 1.82) is 0 Å². The fraction of sp³-hybridized carbons (Fsp3) is 0.281. The van der Waals surface area contributed by atoms with Crippen LogP contribution in [0.1, 0.15) is 36.1 Å². The monoisotopic (exact) mass is 517 g/mol.